The van der Waals surface area contributed by atoms with E-state index in [1.807, 2.05) is 12.1 Å². The van der Waals surface area contributed by atoms with Crippen LogP contribution in [0, 0.1) is 0 Å². The number of rotatable bonds is 5. The Balaban J connectivity index is 2.33. The average Bonchev–Trinajstić information content (AvgIpc) is 2.48. The van der Waals surface area contributed by atoms with Gasteiger partial charge in [-0.1, -0.05) is 11.6 Å². The van der Waals surface area contributed by atoms with Crippen LogP contribution < -0.4 is 5.73 Å². The third-order valence-electron chi connectivity index (χ3n) is 1.82. The maximum Gasteiger partial charge on any atom is 0.303 e. The van der Waals surface area contributed by atoms with Crippen molar-refractivity contribution in [2.24, 2.45) is 5.73 Å². The van der Waals surface area contributed by atoms with Crippen LogP contribution in [0.4, 0.5) is 0 Å². The molecule has 0 aromatic carbocycles. The van der Waals surface area contributed by atoms with Gasteiger partial charge in [0.05, 0.1) is 4.34 Å². The van der Waals surface area contributed by atoms with Gasteiger partial charge in [0.2, 0.25) is 0 Å². The third-order valence-corrected chi connectivity index (χ3v) is 3.07. The molecule has 3 nitrogen and oxygen atoms in total. The highest BCUT2D eigenvalue weighted by molar-refractivity contribution is 7.16. The van der Waals surface area contributed by atoms with Gasteiger partial charge >= 0.3 is 5.97 Å². The predicted octanol–water partition coefficient (Wildman–Crippen LogP) is 2.14. The Morgan fingerprint density at radius 1 is 1.64 bits per heavy atom. The van der Waals surface area contributed by atoms with Crippen molar-refractivity contribution in [2.45, 2.75) is 25.3 Å². The number of nitrogens with two attached hydrogens (primary N) is 1. The summed E-state index contributed by atoms with van der Waals surface area (Å²) in [5, 5.41) is 8.46. The molecule has 0 spiro atoms. The second kappa shape index (κ2) is 5.34. The molecule has 0 saturated carbocycles. The van der Waals surface area contributed by atoms with Crippen LogP contribution in [0.5, 0.6) is 0 Å². The van der Waals surface area contributed by atoms with Crippen molar-refractivity contribution in [3.05, 3.63) is 21.3 Å². The number of hydrogen-bond donors (Lipinski definition) is 2. The first-order valence-corrected chi connectivity index (χ1v) is 5.49. The van der Waals surface area contributed by atoms with Gasteiger partial charge in [0.15, 0.2) is 0 Å². The van der Waals surface area contributed by atoms with Crippen LogP contribution in [-0.2, 0) is 11.2 Å². The second-order valence-corrected chi connectivity index (χ2v) is 4.90. The van der Waals surface area contributed by atoms with Crippen molar-refractivity contribution in [1.29, 1.82) is 0 Å². The highest BCUT2D eigenvalue weighted by Gasteiger charge is 2.08. The van der Waals surface area contributed by atoms with E-state index in [4.69, 9.17) is 22.4 Å². The zero-order chi connectivity index (χ0) is 10.6. The van der Waals surface area contributed by atoms with Crippen molar-refractivity contribution in [3.8, 4) is 0 Å². The lowest BCUT2D eigenvalue weighted by Crippen LogP contribution is -2.23. The van der Waals surface area contributed by atoms with Crippen molar-refractivity contribution in [3.63, 3.8) is 0 Å². The van der Waals surface area contributed by atoms with Gasteiger partial charge in [0.1, 0.15) is 0 Å². The van der Waals surface area contributed by atoms with Crippen LogP contribution in [0.25, 0.3) is 0 Å². The van der Waals surface area contributed by atoms with Crippen molar-refractivity contribution >= 4 is 28.9 Å². The molecule has 1 aromatic rings. The van der Waals surface area contributed by atoms with Crippen molar-refractivity contribution in [2.75, 3.05) is 0 Å². The van der Waals surface area contributed by atoms with Gasteiger partial charge in [0.25, 0.3) is 0 Å². The minimum absolute atomic E-state index is 0.0965. The topological polar surface area (TPSA) is 63.3 Å². The average molecular weight is 234 g/mol. The molecule has 14 heavy (non-hydrogen) atoms. The van der Waals surface area contributed by atoms with E-state index >= 15 is 0 Å². The largest absolute Gasteiger partial charge is 0.481 e. The van der Waals surface area contributed by atoms with E-state index < -0.39 is 5.97 Å². The molecular weight excluding hydrogens is 222 g/mol. The molecule has 5 heteroatoms. The SMILES string of the molecule is NC(CCC(=O)O)Cc1ccc(Cl)s1. The van der Waals surface area contributed by atoms with Gasteiger partial charge in [-0.05, 0) is 25.0 Å². The van der Waals surface area contributed by atoms with Crippen LogP contribution in [0.15, 0.2) is 12.1 Å². The highest BCUT2D eigenvalue weighted by Crippen LogP contribution is 2.22. The summed E-state index contributed by atoms with van der Waals surface area (Å²) >= 11 is 7.24. The third kappa shape index (κ3) is 4.09. The molecule has 0 amide bonds. The summed E-state index contributed by atoms with van der Waals surface area (Å²) in [4.78, 5) is 11.4. The number of aliphatic carboxylic acids is 1. The minimum atomic E-state index is -0.801. The van der Waals surface area contributed by atoms with E-state index in [9.17, 15) is 4.79 Å². The molecule has 0 radical (unpaired) electrons. The first-order chi connectivity index (χ1) is 6.58. The Labute approximate surface area is 91.5 Å². The molecular formula is C9H12ClNO2S. The second-order valence-electron chi connectivity index (χ2n) is 3.10. The fourth-order valence-corrected chi connectivity index (χ4v) is 2.31. The summed E-state index contributed by atoms with van der Waals surface area (Å²) in [6, 6.07) is 3.65. The zero-order valence-electron chi connectivity index (χ0n) is 7.57. The standard InChI is InChI=1S/C9H12ClNO2S/c10-8-3-2-7(14-8)5-6(11)1-4-9(12)13/h2-3,6H,1,4-5,11H2,(H,12,13). The molecule has 0 aliphatic heterocycles. The lowest BCUT2D eigenvalue weighted by Gasteiger charge is -2.07. The monoisotopic (exact) mass is 233 g/mol. The zero-order valence-corrected chi connectivity index (χ0v) is 9.14. The van der Waals surface area contributed by atoms with Gasteiger partial charge in [-0.3, -0.25) is 4.79 Å². The number of hydrogen-bond acceptors (Lipinski definition) is 3. The van der Waals surface area contributed by atoms with Crippen LogP contribution >= 0.6 is 22.9 Å². The van der Waals surface area contributed by atoms with Gasteiger partial charge in [-0.15, -0.1) is 11.3 Å². The Bertz CT molecular complexity index is 314. The molecule has 0 aliphatic rings. The molecule has 0 saturated heterocycles. The van der Waals surface area contributed by atoms with Gasteiger partial charge in [-0.2, -0.15) is 0 Å². The quantitative estimate of drug-likeness (QED) is 0.819. The number of carboxylic acid groups (broad SMARTS) is 1. The number of thiophene rings is 1. The molecule has 1 rings (SSSR count). The van der Waals surface area contributed by atoms with Crippen LogP contribution in [0.2, 0.25) is 4.34 Å². The van der Waals surface area contributed by atoms with E-state index in [1.54, 1.807) is 0 Å². The molecule has 1 unspecified atom stereocenters. The summed E-state index contributed by atoms with van der Waals surface area (Å²) < 4.78 is 0.741. The molecule has 78 valence electrons. The van der Waals surface area contributed by atoms with Crippen LogP contribution in [-0.4, -0.2) is 17.1 Å². The first kappa shape index (κ1) is 11.5. The van der Waals surface area contributed by atoms with Crippen molar-refractivity contribution < 1.29 is 9.90 Å². The maximum absolute atomic E-state index is 10.3. The van der Waals surface area contributed by atoms with Crippen molar-refractivity contribution in [1.82, 2.24) is 0 Å². The molecule has 1 atom stereocenters. The van der Waals surface area contributed by atoms with Gasteiger partial charge < -0.3 is 10.8 Å². The Kier molecular flexibility index (Phi) is 4.38. The predicted molar refractivity (Wildman–Crippen MR) is 57.9 cm³/mol. The summed E-state index contributed by atoms with van der Waals surface area (Å²) in [5.74, 6) is -0.801. The minimum Gasteiger partial charge on any atom is -0.481 e. The highest BCUT2D eigenvalue weighted by atomic mass is 35.5. The molecule has 0 bridgehead atoms. The van der Waals surface area contributed by atoms with E-state index in [1.165, 1.54) is 11.3 Å². The van der Waals surface area contributed by atoms with E-state index in [0.717, 1.165) is 9.21 Å². The van der Waals surface area contributed by atoms with Gasteiger partial charge in [0, 0.05) is 17.3 Å². The van der Waals surface area contributed by atoms with E-state index in [2.05, 4.69) is 0 Å². The molecule has 1 aromatic heterocycles. The fraction of sp³-hybridized carbons (Fsp3) is 0.444. The van der Waals surface area contributed by atoms with Crippen LogP contribution in [0.3, 0.4) is 0 Å². The first-order valence-electron chi connectivity index (χ1n) is 4.29. The summed E-state index contributed by atoms with van der Waals surface area (Å²) in [7, 11) is 0. The Morgan fingerprint density at radius 2 is 2.36 bits per heavy atom. The Morgan fingerprint density at radius 3 is 2.86 bits per heavy atom. The number of halogens is 1. The van der Waals surface area contributed by atoms with E-state index in [-0.39, 0.29) is 12.5 Å². The van der Waals surface area contributed by atoms with Crippen LogP contribution in [0.1, 0.15) is 17.7 Å². The summed E-state index contributed by atoms with van der Waals surface area (Å²) in [6.45, 7) is 0. The molecule has 3 N–H and O–H groups in total. The molecule has 0 aliphatic carbocycles. The molecule has 1 heterocycles. The smallest absolute Gasteiger partial charge is 0.303 e. The molecule has 0 fully saturated rings. The lowest BCUT2D eigenvalue weighted by atomic mass is 10.1. The summed E-state index contributed by atoms with van der Waals surface area (Å²) in [5.41, 5.74) is 5.76. The number of carboxylic acids is 1. The summed E-state index contributed by atoms with van der Waals surface area (Å²) in [6.07, 6.45) is 1.33. The lowest BCUT2D eigenvalue weighted by molar-refractivity contribution is -0.137. The maximum atomic E-state index is 10.3. The Hall–Kier alpha value is -0.580. The fourth-order valence-electron chi connectivity index (χ4n) is 1.13. The number of carbonyl (C=O) groups is 1. The van der Waals surface area contributed by atoms with Gasteiger partial charge in [-0.25, -0.2) is 0 Å². The normalized spacial score (nSPS) is 12.7. The van der Waals surface area contributed by atoms with E-state index in [0.29, 0.717) is 12.8 Å².